The summed E-state index contributed by atoms with van der Waals surface area (Å²) in [7, 11) is 0. The molecular weight excluding hydrogens is 282 g/mol. The Kier molecular flexibility index (Phi) is 4.59. The van der Waals surface area contributed by atoms with Crippen molar-refractivity contribution in [3.05, 3.63) is 29.3 Å². The van der Waals surface area contributed by atoms with E-state index in [1.165, 1.54) is 0 Å². The van der Waals surface area contributed by atoms with Gasteiger partial charge in [0, 0.05) is 23.7 Å². The van der Waals surface area contributed by atoms with E-state index in [2.05, 4.69) is 10.5 Å². The van der Waals surface area contributed by atoms with Crippen molar-refractivity contribution in [1.82, 2.24) is 0 Å². The number of nitrogens with zero attached hydrogens (tertiary/aromatic N) is 1. The van der Waals surface area contributed by atoms with E-state index >= 15 is 0 Å². The van der Waals surface area contributed by atoms with Crippen LogP contribution in [0.5, 0.6) is 0 Å². The number of amidine groups is 1. The summed E-state index contributed by atoms with van der Waals surface area (Å²) in [6.45, 7) is 5.59. The van der Waals surface area contributed by atoms with Crippen molar-refractivity contribution < 1.29 is 14.7 Å². The summed E-state index contributed by atoms with van der Waals surface area (Å²) in [6, 6.07) is 5.82. The van der Waals surface area contributed by atoms with Crippen LogP contribution < -0.4 is 11.1 Å². The number of rotatable bonds is 4. The summed E-state index contributed by atoms with van der Waals surface area (Å²) in [5.74, 6) is -0.0809. The lowest BCUT2D eigenvalue weighted by Gasteiger charge is -2.20. The molecule has 6 nitrogen and oxygen atoms in total. The number of hydrogen-bond acceptors (Lipinski definition) is 5. The van der Waals surface area contributed by atoms with E-state index < -0.39 is 5.60 Å². The van der Waals surface area contributed by atoms with Crippen LogP contribution in [0.1, 0.15) is 44.7 Å². The van der Waals surface area contributed by atoms with E-state index in [1.807, 2.05) is 32.9 Å². The zero-order valence-electron chi connectivity index (χ0n) is 13.2. The van der Waals surface area contributed by atoms with E-state index in [4.69, 9.17) is 15.7 Å². The van der Waals surface area contributed by atoms with Crippen molar-refractivity contribution in [2.45, 2.75) is 51.7 Å². The van der Waals surface area contributed by atoms with Crippen LogP contribution in [0.2, 0.25) is 0 Å². The summed E-state index contributed by atoms with van der Waals surface area (Å²) >= 11 is 0. The predicted molar refractivity (Wildman–Crippen MR) is 85.1 cm³/mol. The molecule has 120 valence electrons. The van der Waals surface area contributed by atoms with Gasteiger partial charge in [0.25, 0.3) is 0 Å². The molecule has 6 heteroatoms. The normalized spacial score (nSPS) is 17.8. The Bertz CT molecular complexity index is 591. The van der Waals surface area contributed by atoms with Crippen LogP contribution in [-0.4, -0.2) is 28.7 Å². The lowest BCUT2D eigenvalue weighted by atomic mass is 10.0. The van der Waals surface area contributed by atoms with E-state index in [0.717, 1.165) is 17.7 Å². The van der Waals surface area contributed by atoms with Gasteiger partial charge in [0.15, 0.2) is 5.84 Å². The van der Waals surface area contributed by atoms with Crippen molar-refractivity contribution in [2.75, 3.05) is 5.32 Å². The molecule has 0 saturated carbocycles. The Hall–Kier alpha value is -2.24. The lowest BCUT2D eigenvalue weighted by molar-refractivity contribution is -0.154. The molecule has 1 atom stereocenters. The van der Waals surface area contributed by atoms with Gasteiger partial charge in [-0.05, 0) is 57.4 Å². The average Bonchev–Trinajstić information content (AvgIpc) is 2.84. The molecule has 0 radical (unpaired) electrons. The first-order valence-corrected chi connectivity index (χ1v) is 7.37. The fourth-order valence-electron chi connectivity index (χ4n) is 2.52. The molecule has 1 unspecified atom stereocenters. The maximum Gasteiger partial charge on any atom is 0.306 e. The third-order valence-electron chi connectivity index (χ3n) is 3.45. The molecule has 22 heavy (non-hydrogen) atoms. The van der Waals surface area contributed by atoms with Gasteiger partial charge in [-0.25, -0.2) is 0 Å². The molecule has 1 aromatic rings. The summed E-state index contributed by atoms with van der Waals surface area (Å²) in [5.41, 5.74) is 7.98. The number of fused-ring (bicyclic) bond motifs is 1. The number of hydrogen-bond donors (Lipinski definition) is 3. The zero-order valence-corrected chi connectivity index (χ0v) is 13.2. The van der Waals surface area contributed by atoms with Gasteiger partial charge in [0.05, 0.1) is 0 Å². The summed E-state index contributed by atoms with van der Waals surface area (Å²) < 4.78 is 5.31. The van der Waals surface area contributed by atoms with Crippen molar-refractivity contribution in [3.8, 4) is 0 Å². The smallest absolute Gasteiger partial charge is 0.306 e. The third-order valence-corrected chi connectivity index (χ3v) is 3.45. The van der Waals surface area contributed by atoms with E-state index in [1.54, 1.807) is 6.07 Å². The Labute approximate surface area is 130 Å². The minimum Gasteiger partial charge on any atom is -0.460 e. The molecule has 0 spiro atoms. The quantitative estimate of drug-likeness (QED) is 0.261. The van der Waals surface area contributed by atoms with Crippen LogP contribution in [0.3, 0.4) is 0 Å². The molecule has 0 aliphatic carbocycles. The van der Waals surface area contributed by atoms with Crippen molar-refractivity contribution in [1.29, 1.82) is 0 Å². The van der Waals surface area contributed by atoms with Crippen LogP contribution in [-0.2, 0) is 16.0 Å². The lowest BCUT2D eigenvalue weighted by Crippen LogP contribution is -2.25. The highest BCUT2D eigenvalue weighted by Gasteiger charge is 2.23. The second-order valence-electron chi connectivity index (χ2n) is 6.53. The summed E-state index contributed by atoms with van der Waals surface area (Å²) in [4.78, 5) is 11.8. The molecule has 4 N–H and O–H groups in total. The molecule has 1 aromatic carbocycles. The molecule has 0 fully saturated rings. The van der Waals surface area contributed by atoms with Gasteiger partial charge in [0.1, 0.15) is 5.60 Å². The number of benzene rings is 1. The van der Waals surface area contributed by atoms with Crippen molar-refractivity contribution >= 4 is 17.5 Å². The predicted octanol–water partition coefficient (Wildman–Crippen LogP) is 2.24. The van der Waals surface area contributed by atoms with Gasteiger partial charge >= 0.3 is 5.97 Å². The molecule has 0 amide bonds. The number of carbonyl (C=O) groups is 1. The number of anilines is 1. The third kappa shape index (κ3) is 4.13. The summed E-state index contributed by atoms with van der Waals surface area (Å²) in [6.07, 6.45) is 1.91. The number of nitrogens with one attached hydrogen (secondary N) is 1. The van der Waals surface area contributed by atoms with Gasteiger partial charge in [-0.3, -0.25) is 4.79 Å². The number of esters is 1. The highest BCUT2D eigenvalue weighted by atomic mass is 16.6. The fourth-order valence-corrected chi connectivity index (χ4v) is 2.52. The fraction of sp³-hybridized carbons (Fsp3) is 0.500. The SMILES string of the molecule is CC(C)(C)OC(=O)CCC1Cc2cc(C(N)=NO)ccc2N1. The Morgan fingerprint density at radius 2 is 2.23 bits per heavy atom. The van der Waals surface area contributed by atoms with Gasteiger partial charge in [0.2, 0.25) is 0 Å². The van der Waals surface area contributed by atoms with Gasteiger partial charge < -0.3 is 21.0 Å². The minimum atomic E-state index is -0.445. The van der Waals surface area contributed by atoms with Gasteiger partial charge in [-0.1, -0.05) is 5.16 Å². The van der Waals surface area contributed by atoms with Crippen molar-refractivity contribution in [2.24, 2.45) is 10.9 Å². The molecule has 0 saturated heterocycles. The Morgan fingerprint density at radius 1 is 1.50 bits per heavy atom. The Balaban J connectivity index is 1.91. The van der Waals surface area contributed by atoms with Gasteiger partial charge in [-0.2, -0.15) is 0 Å². The maximum absolute atomic E-state index is 11.8. The van der Waals surface area contributed by atoms with E-state index in [9.17, 15) is 4.79 Å². The van der Waals surface area contributed by atoms with E-state index in [0.29, 0.717) is 18.4 Å². The number of oxime groups is 1. The monoisotopic (exact) mass is 305 g/mol. The second-order valence-corrected chi connectivity index (χ2v) is 6.53. The van der Waals surface area contributed by atoms with Crippen LogP contribution in [0, 0.1) is 0 Å². The first-order chi connectivity index (χ1) is 10.3. The zero-order chi connectivity index (χ0) is 16.3. The largest absolute Gasteiger partial charge is 0.460 e. The number of nitrogens with two attached hydrogens (primary N) is 1. The topological polar surface area (TPSA) is 96.9 Å². The highest BCUT2D eigenvalue weighted by Crippen LogP contribution is 2.28. The molecule has 1 heterocycles. The standard InChI is InChI=1S/C16H23N3O3/c1-16(2,3)22-14(20)7-5-12-9-11-8-10(15(17)19-21)4-6-13(11)18-12/h4,6,8,12,18,21H,5,7,9H2,1-3H3,(H2,17,19). The summed E-state index contributed by atoms with van der Waals surface area (Å²) in [5, 5.41) is 15.1. The maximum atomic E-state index is 11.8. The molecule has 2 rings (SSSR count). The van der Waals surface area contributed by atoms with Crippen LogP contribution in [0.25, 0.3) is 0 Å². The molecule has 1 aliphatic heterocycles. The van der Waals surface area contributed by atoms with Crippen LogP contribution in [0.4, 0.5) is 5.69 Å². The Morgan fingerprint density at radius 3 is 2.86 bits per heavy atom. The first kappa shape index (κ1) is 16.1. The second kappa shape index (κ2) is 6.25. The van der Waals surface area contributed by atoms with Crippen LogP contribution >= 0.6 is 0 Å². The molecule has 1 aliphatic rings. The molecular formula is C16H23N3O3. The van der Waals surface area contributed by atoms with E-state index in [-0.39, 0.29) is 17.8 Å². The van der Waals surface area contributed by atoms with Crippen molar-refractivity contribution in [3.63, 3.8) is 0 Å². The number of ether oxygens (including phenoxy) is 1. The van der Waals surface area contributed by atoms with Gasteiger partial charge in [-0.15, -0.1) is 0 Å². The molecule has 0 aromatic heterocycles. The number of carbonyl (C=O) groups excluding carboxylic acids is 1. The highest BCUT2D eigenvalue weighted by molar-refractivity contribution is 5.97. The average molecular weight is 305 g/mol. The van der Waals surface area contributed by atoms with Crippen LogP contribution in [0.15, 0.2) is 23.4 Å². The first-order valence-electron chi connectivity index (χ1n) is 7.37. The minimum absolute atomic E-state index is 0.0972. The molecule has 0 bridgehead atoms.